The number of primary amides is 1. The molecule has 23 heavy (non-hydrogen) atoms. The van der Waals surface area contributed by atoms with Crippen molar-refractivity contribution in [1.82, 2.24) is 14.9 Å². The van der Waals surface area contributed by atoms with Gasteiger partial charge in [-0.1, -0.05) is 0 Å². The Balaban J connectivity index is 2.21. The van der Waals surface area contributed by atoms with Crippen molar-refractivity contribution < 1.29 is 14.4 Å². The van der Waals surface area contributed by atoms with Crippen molar-refractivity contribution in [2.45, 2.75) is 25.8 Å². The van der Waals surface area contributed by atoms with Gasteiger partial charge in [-0.2, -0.15) is 0 Å². The van der Waals surface area contributed by atoms with Gasteiger partial charge >= 0.3 is 0 Å². The maximum atomic E-state index is 12.8. The van der Waals surface area contributed by atoms with Crippen molar-refractivity contribution in [2.75, 3.05) is 0 Å². The second-order valence-corrected chi connectivity index (χ2v) is 5.40. The fraction of sp³-hybridized carbons (Fsp3) is 0.267. The number of amides is 3. The van der Waals surface area contributed by atoms with Crippen LogP contribution < -0.4 is 16.6 Å². The number of carbonyl (C=O) groups excluding carboxylic acids is 3. The van der Waals surface area contributed by atoms with Crippen LogP contribution in [0.2, 0.25) is 0 Å². The molecular formula is C15H14N4O4. The standard InChI is InChI=1S/C15H14N4O4/c1-7-17-10-3-2-8(13(16)21)6-9(10)15(23)19(7)11-4-5-12(20)18-14(11)22/h2-3,6,11H,4-5H2,1H3,(H2,16,21)(H,18,20,22). The van der Waals surface area contributed by atoms with Gasteiger partial charge in [0.1, 0.15) is 11.9 Å². The fourth-order valence-electron chi connectivity index (χ4n) is 2.76. The number of hydrogen-bond acceptors (Lipinski definition) is 5. The molecule has 118 valence electrons. The van der Waals surface area contributed by atoms with Gasteiger partial charge in [0, 0.05) is 12.0 Å². The van der Waals surface area contributed by atoms with E-state index < -0.39 is 23.4 Å². The largest absolute Gasteiger partial charge is 0.366 e. The van der Waals surface area contributed by atoms with Crippen LogP contribution >= 0.6 is 0 Å². The Bertz CT molecular complexity index is 916. The molecule has 3 amide bonds. The maximum Gasteiger partial charge on any atom is 0.262 e. The average Bonchev–Trinajstić information content (AvgIpc) is 2.49. The summed E-state index contributed by atoms with van der Waals surface area (Å²) in [7, 11) is 0. The Hall–Kier alpha value is -3.03. The normalized spacial score (nSPS) is 18.0. The molecule has 1 unspecified atom stereocenters. The molecular weight excluding hydrogens is 300 g/mol. The summed E-state index contributed by atoms with van der Waals surface area (Å²) in [6.45, 7) is 1.62. The van der Waals surface area contributed by atoms with E-state index in [9.17, 15) is 19.2 Å². The molecule has 0 spiro atoms. The summed E-state index contributed by atoms with van der Waals surface area (Å²) < 4.78 is 1.26. The number of fused-ring (bicyclic) bond motifs is 1. The van der Waals surface area contributed by atoms with E-state index in [1.54, 1.807) is 13.0 Å². The number of imide groups is 1. The van der Waals surface area contributed by atoms with E-state index in [-0.39, 0.29) is 29.7 Å². The molecule has 2 heterocycles. The highest BCUT2D eigenvalue weighted by molar-refractivity contribution is 6.00. The minimum absolute atomic E-state index is 0.154. The first-order valence-corrected chi connectivity index (χ1v) is 7.05. The van der Waals surface area contributed by atoms with Crippen LogP contribution in [0.3, 0.4) is 0 Å². The first-order valence-electron chi connectivity index (χ1n) is 7.05. The van der Waals surface area contributed by atoms with Crippen LogP contribution in [0, 0.1) is 6.92 Å². The number of nitrogens with zero attached hydrogens (tertiary/aromatic N) is 2. The summed E-state index contributed by atoms with van der Waals surface area (Å²) >= 11 is 0. The molecule has 2 aromatic rings. The summed E-state index contributed by atoms with van der Waals surface area (Å²) in [6, 6.07) is 3.61. The van der Waals surface area contributed by atoms with Crippen molar-refractivity contribution in [3.05, 3.63) is 39.9 Å². The highest BCUT2D eigenvalue weighted by Gasteiger charge is 2.30. The number of benzene rings is 1. The molecule has 1 aliphatic heterocycles. The second kappa shape index (κ2) is 5.31. The summed E-state index contributed by atoms with van der Waals surface area (Å²) in [4.78, 5) is 51.6. The van der Waals surface area contributed by atoms with E-state index >= 15 is 0 Å². The molecule has 1 aliphatic rings. The average molecular weight is 314 g/mol. The van der Waals surface area contributed by atoms with E-state index in [0.717, 1.165) is 0 Å². The van der Waals surface area contributed by atoms with Gasteiger partial charge in [-0.25, -0.2) is 4.98 Å². The van der Waals surface area contributed by atoms with E-state index in [1.165, 1.54) is 16.7 Å². The number of nitrogens with two attached hydrogens (primary N) is 1. The third kappa shape index (κ3) is 2.48. The van der Waals surface area contributed by atoms with Crippen molar-refractivity contribution in [1.29, 1.82) is 0 Å². The Morgan fingerprint density at radius 2 is 2.09 bits per heavy atom. The Labute approximate surface area is 130 Å². The fourth-order valence-corrected chi connectivity index (χ4v) is 2.76. The summed E-state index contributed by atoms with van der Waals surface area (Å²) in [5.41, 5.74) is 5.40. The van der Waals surface area contributed by atoms with E-state index in [1.807, 2.05) is 0 Å². The molecule has 8 heteroatoms. The second-order valence-electron chi connectivity index (χ2n) is 5.40. The number of aromatic nitrogens is 2. The van der Waals surface area contributed by atoms with Crippen molar-refractivity contribution in [2.24, 2.45) is 5.73 Å². The molecule has 1 aromatic heterocycles. The highest BCUT2D eigenvalue weighted by atomic mass is 16.2. The number of hydrogen-bond donors (Lipinski definition) is 2. The van der Waals surface area contributed by atoms with Crippen LogP contribution in [0.4, 0.5) is 0 Å². The number of carbonyl (C=O) groups is 3. The SMILES string of the molecule is Cc1nc2ccc(C(N)=O)cc2c(=O)n1C1CCC(=O)NC1=O. The Kier molecular flexibility index (Phi) is 3.44. The highest BCUT2D eigenvalue weighted by Crippen LogP contribution is 2.20. The molecule has 1 aromatic carbocycles. The van der Waals surface area contributed by atoms with Crippen LogP contribution in [-0.2, 0) is 9.59 Å². The molecule has 0 radical (unpaired) electrons. The zero-order chi connectivity index (χ0) is 16.7. The quantitative estimate of drug-likeness (QED) is 0.742. The molecule has 0 bridgehead atoms. The Morgan fingerprint density at radius 1 is 1.35 bits per heavy atom. The number of rotatable bonds is 2. The molecule has 3 rings (SSSR count). The molecule has 1 atom stereocenters. The summed E-state index contributed by atoms with van der Waals surface area (Å²) in [5.74, 6) is -1.18. The minimum Gasteiger partial charge on any atom is -0.366 e. The lowest BCUT2D eigenvalue weighted by Crippen LogP contribution is -2.45. The lowest BCUT2D eigenvalue weighted by Gasteiger charge is -2.24. The maximum absolute atomic E-state index is 12.8. The minimum atomic E-state index is -0.797. The van der Waals surface area contributed by atoms with Gasteiger partial charge in [-0.05, 0) is 31.5 Å². The molecule has 3 N–H and O–H groups in total. The van der Waals surface area contributed by atoms with E-state index in [4.69, 9.17) is 5.73 Å². The van der Waals surface area contributed by atoms with Gasteiger partial charge in [0.2, 0.25) is 17.7 Å². The van der Waals surface area contributed by atoms with E-state index in [0.29, 0.717) is 11.3 Å². The van der Waals surface area contributed by atoms with Crippen molar-refractivity contribution in [3.8, 4) is 0 Å². The van der Waals surface area contributed by atoms with Crippen LogP contribution in [0.5, 0.6) is 0 Å². The topological polar surface area (TPSA) is 124 Å². The number of nitrogens with one attached hydrogen (secondary N) is 1. The summed E-state index contributed by atoms with van der Waals surface area (Å²) in [6.07, 6.45) is 0.385. The van der Waals surface area contributed by atoms with E-state index in [2.05, 4.69) is 10.3 Å². The molecule has 0 saturated carbocycles. The van der Waals surface area contributed by atoms with Crippen LogP contribution in [0.1, 0.15) is 35.1 Å². The zero-order valence-corrected chi connectivity index (χ0v) is 12.3. The lowest BCUT2D eigenvalue weighted by atomic mass is 10.0. The van der Waals surface area contributed by atoms with Crippen molar-refractivity contribution >= 4 is 28.6 Å². The van der Waals surface area contributed by atoms with Crippen molar-refractivity contribution in [3.63, 3.8) is 0 Å². The number of aryl methyl sites for hydroxylation is 1. The third-order valence-corrected chi connectivity index (χ3v) is 3.88. The van der Waals surface area contributed by atoms with Crippen LogP contribution in [0.15, 0.2) is 23.0 Å². The molecule has 0 aliphatic carbocycles. The van der Waals surface area contributed by atoms with Gasteiger partial charge in [0.15, 0.2) is 0 Å². The summed E-state index contributed by atoms with van der Waals surface area (Å²) in [5, 5.41) is 2.43. The van der Waals surface area contributed by atoms with Crippen LogP contribution in [-0.4, -0.2) is 27.3 Å². The predicted octanol–water partition coefficient (Wildman–Crippen LogP) is -0.218. The van der Waals surface area contributed by atoms with Gasteiger partial charge in [0.25, 0.3) is 5.56 Å². The first-order chi connectivity index (χ1) is 10.9. The van der Waals surface area contributed by atoms with Gasteiger partial charge in [-0.15, -0.1) is 0 Å². The smallest absolute Gasteiger partial charge is 0.262 e. The molecule has 1 fully saturated rings. The molecule has 1 saturated heterocycles. The monoisotopic (exact) mass is 314 g/mol. The van der Waals surface area contributed by atoms with Gasteiger partial charge in [-0.3, -0.25) is 29.1 Å². The predicted molar refractivity (Wildman–Crippen MR) is 80.7 cm³/mol. The lowest BCUT2D eigenvalue weighted by molar-refractivity contribution is -0.135. The van der Waals surface area contributed by atoms with Gasteiger partial charge in [0.05, 0.1) is 10.9 Å². The Morgan fingerprint density at radius 3 is 2.74 bits per heavy atom. The molecule has 8 nitrogen and oxygen atoms in total. The number of piperidine rings is 1. The third-order valence-electron chi connectivity index (χ3n) is 3.88. The van der Waals surface area contributed by atoms with Gasteiger partial charge < -0.3 is 5.73 Å². The zero-order valence-electron chi connectivity index (χ0n) is 12.3. The van der Waals surface area contributed by atoms with Crippen LogP contribution in [0.25, 0.3) is 10.9 Å². The first kappa shape index (κ1) is 14.9.